The average molecular weight is 402 g/mol. The summed E-state index contributed by atoms with van der Waals surface area (Å²) in [5.74, 6) is -0.833. The molecule has 9 heteroatoms. The van der Waals surface area contributed by atoms with Crippen LogP contribution in [0.1, 0.15) is 18.5 Å². The second-order valence-electron chi connectivity index (χ2n) is 6.54. The first kappa shape index (κ1) is 18.1. The predicted molar refractivity (Wildman–Crippen MR) is 99.5 cm³/mol. The Balaban J connectivity index is 1.56. The normalized spacial score (nSPS) is 14.5. The highest BCUT2D eigenvalue weighted by molar-refractivity contribution is 6.30. The molecule has 0 spiro atoms. The fraction of sp³-hybridized carbons (Fsp3) is 0.158. The van der Waals surface area contributed by atoms with Crippen LogP contribution in [0.4, 0.5) is 15.8 Å². The number of hydrogen-bond acceptors (Lipinski definition) is 5. The molecule has 0 saturated heterocycles. The molecule has 0 radical (unpaired) electrons. The number of nitrogens with zero attached hydrogens (tertiary/aromatic N) is 2. The van der Waals surface area contributed by atoms with E-state index < -0.39 is 21.8 Å². The van der Waals surface area contributed by atoms with E-state index in [-0.39, 0.29) is 11.6 Å². The number of amides is 1. The molecule has 1 saturated carbocycles. The van der Waals surface area contributed by atoms with Crippen molar-refractivity contribution in [1.29, 1.82) is 0 Å². The van der Waals surface area contributed by atoms with Crippen molar-refractivity contribution in [2.45, 2.75) is 18.3 Å². The zero-order chi connectivity index (χ0) is 19.9. The van der Waals surface area contributed by atoms with Crippen molar-refractivity contribution in [1.82, 2.24) is 5.16 Å². The van der Waals surface area contributed by atoms with Crippen molar-refractivity contribution in [3.63, 3.8) is 0 Å². The Labute approximate surface area is 163 Å². The Morgan fingerprint density at radius 2 is 1.93 bits per heavy atom. The second-order valence-corrected chi connectivity index (χ2v) is 6.98. The average Bonchev–Trinajstić information content (AvgIpc) is 3.34. The molecule has 1 aliphatic carbocycles. The lowest BCUT2D eigenvalue weighted by atomic mass is 10.00. The molecule has 1 aliphatic rings. The van der Waals surface area contributed by atoms with Crippen LogP contribution in [-0.4, -0.2) is 16.0 Å². The minimum Gasteiger partial charge on any atom is -0.356 e. The van der Waals surface area contributed by atoms with Gasteiger partial charge in [-0.3, -0.25) is 14.9 Å². The fourth-order valence-electron chi connectivity index (χ4n) is 2.96. The van der Waals surface area contributed by atoms with Gasteiger partial charge >= 0.3 is 5.69 Å². The summed E-state index contributed by atoms with van der Waals surface area (Å²) in [7, 11) is 0. The number of nitrogens with one attached hydrogen (secondary N) is 1. The summed E-state index contributed by atoms with van der Waals surface area (Å²) < 4.78 is 18.8. The van der Waals surface area contributed by atoms with Crippen LogP contribution in [-0.2, 0) is 10.2 Å². The summed E-state index contributed by atoms with van der Waals surface area (Å²) in [5.41, 5.74) is -0.169. The highest BCUT2D eigenvalue weighted by Gasteiger charge is 2.54. The molecule has 28 heavy (non-hydrogen) atoms. The number of anilines is 1. The van der Waals surface area contributed by atoms with Crippen LogP contribution >= 0.6 is 11.6 Å². The van der Waals surface area contributed by atoms with Crippen molar-refractivity contribution >= 4 is 28.9 Å². The van der Waals surface area contributed by atoms with E-state index in [1.165, 1.54) is 6.07 Å². The topological polar surface area (TPSA) is 98.3 Å². The number of rotatable bonds is 5. The number of carbonyl (C=O) groups excluding carboxylic acids is 1. The fourth-order valence-corrected chi connectivity index (χ4v) is 3.08. The Morgan fingerprint density at radius 3 is 2.57 bits per heavy atom. The lowest BCUT2D eigenvalue weighted by molar-refractivity contribution is -0.387. The molecule has 1 amide bonds. The molecule has 4 rings (SSSR count). The van der Waals surface area contributed by atoms with E-state index in [1.807, 2.05) is 0 Å². The van der Waals surface area contributed by atoms with E-state index in [1.54, 1.807) is 30.3 Å². The number of carbonyl (C=O) groups is 1. The predicted octanol–water partition coefficient (Wildman–Crippen LogP) is 4.71. The zero-order valence-electron chi connectivity index (χ0n) is 14.3. The van der Waals surface area contributed by atoms with Crippen LogP contribution in [0.15, 0.2) is 53.1 Å². The Morgan fingerprint density at radius 1 is 1.21 bits per heavy atom. The lowest BCUT2D eigenvalue weighted by Gasteiger charge is -2.12. The largest absolute Gasteiger partial charge is 0.356 e. The maximum absolute atomic E-state index is 13.5. The monoisotopic (exact) mass is 401 g/mol. The van der Waals surface area contributed by atoms with E-state index in [9.17, 15) is 19.3 Å². The number of nitro benzene ring substituents is 1. The van der Waals surface area contributed by atoms with E-state index in [2.05, 4.69) is 10.5 Å². The summed E-state index contributed by atoms with van der Waals surface area (Å²) in [4.78, 5) is 22.8. The smallest absolute Gasteiger partial charge is 0.306 e. The summed E-state index contributed by atoms with van der Waals surface area (Å²) in [6, 6.07) is 11.9. The van der Waals surface area contributed by atoms with Gasteiger partial charge in [0.05, 0.1) is 16.0 Å². The first-order valence-corrected chi connectivity index (χ1v) is 8.75. The molecule has 0 bridgehead atoms. The van der Waals surface area contributed by atoms with Crippen LogP contribution in [0, 0.1) is 15.9 Å². The van der Waals surface area contributed by atoms with Crippen LogP contribution < -0.4 is 5.32 Å². The second kappa shape index (κ2) is 6.72. The highest BCUT2D eigenvalue weighted by atomic mass is 35.5. The third-order valence-corrected chi connectivity index (χ3v) is 4.97. The van der Waals surface area contributed by atoms with Crippen molar-refractivity contribution in [2.75, 3.05) is 5.32 Å². The summed E-state index contributed by atoms with van der Waals surface area (Å²) >= 11 is 5.88. The number of hydrogen-bond donors (Lipinski definition) is 1. The molecule has 2 aromatic carbocycles. The molecule has 7 nitrogen and oxygen atoms in total. The van der Waals surface area contributed by atoms with Gasteiger partial charge in [-0.05, 0) is 49.2 Å². The van der Waals surface area contributed by atoms with Gasteiger partial charge in [0.25, 0.3) is 0 Å². The molecular formula is C19H13ClFN3O4. The van der Waals surface area contributed by atoms with Gasteiger partial charge in [-0.25, -0.2) is 0 Å². The zero-order valence-corrected chi connectivity index (χ0v) is 15.1. The molecule has 1 aromatic heterocycles. The maximum Gasteiger partial charge on any atom is 0.306 e. The maximum atomic E-state index is 13.5. The Bertz CT molecular complexity index is 1080. The van der Waals surface area contributed by atoms with Crippen molar-refractivity contribution in [2.24, 2.45) is 0 Å². The van der Waals surface area contributed by atoms with E-state index >= 15 is 0 Å². The third-order valence-electron chi connectivity index (χ3n) is 4.71. The Hall–Kier alpha value is -3.26. The minimum absolute atomic E-state index is 0.144. The Kier molecular flexibility index (Phi) is 4.35. The number of halogens is 2. The van der Waals surface area contributed by atoms with E-state index in [4.69, 9.17) is 16.1 Å². The van der Waals surface area contributed by atoms with Crippen molar-refractivity contribution < 1.29 is 18.6 Å². The van der Waals surface area contributed by atoms with Gasteiger partial charge in [-0.2, -0.15) is 4.39 Å². The summed E-state index contributed by atoms with van der Waals surface area (Å²) in [5, 5.41) is 18.1. The molecule has 142 valence electrons. The van der Waals surface area contributed by atoms with Crippen molar-refractivity contribution in [3.8, 4) is 11.3 Å². The minimum atomic E-state index is -0.965. The quantitative estimate of drug-likeness (QED) is 0.493. The van der Waals surface area contributed by atoms with Gasteiger partial charge in [0.15, 0.2) is 5.76 Å². The third kappa shape index (κ3) is 3.22. The lowest BCUT2D eigenvalue weighted by Crippen LogP contribution is -2.28. The first-order valence-electron chi connectivity index (χ1n) is 8.38. The van der Waals surface area contributed by atoms with Gasteiger partial charge in [-0.15, -0.1) is 0 Å². The molecule has 1 N–H and O–H groups in total. The summed E-state index contributed by atoms with van der Waals surface area (Å²) in [6.07, 6.45) is 1.13. The van der Waals surface area contributed by atoms with Crippen LogP contribution in [0.25, 0.3) is 11.3 Å². The molecule has 1 fully saturated rings. The SMILES string of the molecule is O=C(Nc1ccc(F)c([N+](=O)[O-])c1)C1(c2cc(-c3ccc(Cl)cc3)on2)CC1. The van der Waals surface area contributed by atoms with E-state index in [0.717, 1.165) is 17.7 Å². The number of nitro groups is 1. The highest BCUT2D eigenvalue weighted by Crippen LogP contribution is 2.49. The van der Waals surface area contributed by atoms with E-state index in [0.29, 0.717) is 29.3 Å². The molecule has 0 unspecified atom stereocenters. The number of benzene rings is 2. The molecular weight excluding hydrogens is 389 g/mol. The van der Waals surface area contributed by atoms with Crippen LogP contribution in [0.2, 0.25) is 5.02 Å². The van der Waals surface area contributed by atoms with Gasteiger partial charge < -0.3 is 9.84 Å². The molecule has 3 aromatic rings. The van der Waals surface area contributed by atoms with Gasteiger partial charge in [0.2, 0.25) is 11.7 Å². The van der Waals surface area contributed by atoms with Gasteiger partial charge in [0.1, 0.15) is 0 Å². The molecule has 1 heterocycles. The summed E-state index contributed by atoms with van der Waals surface area (Å²) in [6.45, 7) is 0. The molecule has 0 atom stereocenters. The van der Waals surface area contributed by atoms with Gasteiger partial charge in [-0.1, -0.05) is 16.8 Å². The molecule has 0 aliphatic heterocycles. The van der Waals surface area contributed by atoms with Crippen LogP contribution in [0.3, 0.4) is 0 Å². The number of aromatic nitrogens is 1. The van der Waals surface area contributed by atoms with Gasteiger partial charge in [0, 0.05) is 28.4 Å². The van der Waals surface area contributed by atoms with Crippen molar-refractivity contribution in [3.05, 3.63) is 75.2 Å². The van der Waals surface area contributed by atoms with Crippen LogP contribution in [0.5, 0.6) is 0 Å². The standard InChI is InChI=1S/C19H13ClFN3O4/c20-12-3-1-11(2-4-12)16-10-17(23-28-16)19(7-8-19)18(25)22-13-5-6-14(21)15(9-13)24(26)27/h1-6,9-10H,7-8H2,(H,22,25). The first-order chi connectivity index (χ1) is 13.4.